The Labute approximate surface area is 55.9 Å². The van der Waals surface area contributed by atoms with E-state index in [4.69, 9.17) is 5.26 Å². The van der Waals surface area contributed by atoms with E-state index in [1.807, 2.05) is 0 Å². The monoisotopic (exact) mass is 88.1 g/mol. The largest absolute Gasteiger partial charge is 0.198 e. The van der Waals surface area contributed by atoms with E-state index in [1.54, 1.807) is 0 Å². The number of nitriles is 1. The molecule has 33 valence electrons. The van der Waals surface area contributed by atoms with Crippen LogP contribution in [0, 0.1) is 17.2 Å². The summed E-state index contributed by atoms with van der Waals surface area (Å²) in [5.41, 5.74) is 0. The third-order valence-electron chi connectivity index (χ3n) is 1.08. The minimum Gasteiger partial charge on any atom is -0.198 e. The number of rotatable bonds is 1. The summed E-state index contributed by atoms with van der Waals surface area (Å²) in [7, 11) is 0. The van der Waals surface area contributed by atoms with E-state index in [1.165, 1.54) is 12.8 Å². The Kier molecular flexibility index (Phi) is 3.18. The van der Waals surface area contributed by atoms with Crippen LogP contribution >= 0.6 is 0 Å². The summed E-state index contributed by atoms with van der Waals surface area (Å²) >= 11 is 0. The van der Waals surface area contributed by atoms with Gasteiger partial charge in [-0.15, -0.1) is 0 Å². The summed E-state index contributed by atoms with van der Waals surface area (Å²) in [6.07, 6.45) is 3.39. The van der Waals surface area contributed by atoms with Crippen molar-refractivity contribution in [2.24, 2.45) is 5.92 Å². The van der Waals surface area contributed by atoms with Crippen LogP contribution in [-0.2, 0) is 0 Å². The topological polar surface area (TPSA) is 23.8 Å². The molecule has 0 amide bonds. The Morgan fingerprint density at radius 3 is 2.29 bits per heavy atom. The predicted octanol–water partition coefficient (Wildman–Crippen LogP) is 0.929. The van der Waals surface area contributed by atoms with Crippen molar-refractivity contribution in [2.75, 3.05) is 0 Å². The van der Waals surface area contributed by atoms with Gasteiger partial charge in [-0.25, -0.2) is 0 Å². The zero-order valence-corrected chi connectivity index (χ0v) is 4.65. The first-order chi connectivity index (χ1) is 2.93. The van der Waals surface area contributed by atoms with Gasteiger partial charge in [0.1, 0.15) is 0 Å². The van der Waals surface area contributed by atoms with Crippen LogP contribution in [0.3, 0.4) is 0 Å². The van der Waals surface area contributed by atoms with Crippen molar-refractivity contribution >= 4 is 18.9 Å². The van der Waals surface area contributed by atoms with Crippen molar-refractivity contribution in [3.63, 3.8) is 0 Å². The van der Waals surface area contributed by atoms with Gasteiger partial charge in [0.15, 0.2) is 0 Å². The number of hydrogen-bond acceptors (Lipinski definition) is 1. The molecule has 0 spiro atoms. The van der Waals surface area contributed by atoms with Gasteiger partial charge in [0.25, 0.3) is 0 Å². The third-order valence-corrected chi connectivity index (χ3v) is 1.08. The van der Waals surface area contributed by atoms with Gasteiger partial charge < -0.3 is 0 Å². The van der Waals surface area contributed by atoms with Crippen molar-refractivity contribution in [3.8, 4) is 6.07 Å². The molecule has 1 aliphatic rings. The maximum absolute atomic E-state index is 8.03. The van der Waals surface area contributed by atoms with E-state index in [-0.39, 0.29) is 18.9 Å². The molecule has 1 aliphatic carbocycles. The fourth-order valence-electron chi connectivity index (χ4n) is 0.451. The summed E-state index contributed by atoms with van der Waals surface area (Å²) < 4.78 is 0. The Hall–Kier alpha value is 0.0874. The van der Waals surface area contributed by atoms with Gasteiger partial charge in [0.2, 0.25) is 0 Å². The van der Waals surface area contributed by atoms with E-state index in [9.17, 15) is 0 Å². The van der Waals surface area contributed by atoms with Gasteiger partial charge in [-0.05, 0) is 18.8 Å². The van der Waals surface area contributed by atoms with Crippen molar-refractivity contribution in [1.82, 2.24) is 0 Å². The molecule has 0 aromatic carbocycles. The van der Waals surface area contributed by atoms with E-state index >= 15 is 0 Å². The quantitative estimate of drug-likeness (QED) is 0.437. The van der Waals surface area contributed by atoms with E-state index in [0.717, 1.165) is 12.3 Å². The maximum Gasteiger partial charge on any atom is 0.0624 e. The fraction of sp³-hybridized carbons (Fsp3) is 0.800. The SMILES string of the molecule is N#CCC1CC1.[Li]. The van der Waals surface area contributed by atoms with E-state index < -0.39 is 0 Å². The van der Waals surface area contributed by atoms with E-state index in [0.29, 0.717) is 0 Å². The fourth-order valence-corrected chi connectivity index (χ4v) is 0.451. The average molecular weight is 88.1 g/mol. The first kappa shape index (κ1) is 7.09. The molecule has 0 aliphatic heterocycles. The molecule has 0 aromatic rings. The summed E-state index contributed by atoms with van der Waals surface area (Å²) in [5, 5.41) is 8.03. The van der Waals surface area contributed by atoms with Crippen LogP contribution in [0.4, 0.5) is 0 Å². The maximum atomic E-state index is 8.03. The molecule has 7 heavy (non-hydrogen) atoms. The molecule has 0 aromatic heterocycles. The normalized spacial score (nSPS) is 17.0. The van der Waals surface area contributed by atoms with Crippen LogP contribution in [0.25, 0.3) is 0 Å². The Balaban J connectivity index is 0.000000360. The molecule has 1 fully saturated rings. The standard InChI is InChI=1S/C5H7N.Li/c6-4-3-5-1-2-5;/h5H,1-3H2;. The number of hydrogen-bond donors (Lipinski definition) is 0. The molecular formula is C5H7LiN. The van der Waals surface area contributed by atoms with Crippen molar-refractivity contribution in [1.29, 1.82) is 5.26 Å². The Morgan fingerprint density at radius 2 is 2.14 bits per heavy atom. The molecule has 0 N–H and O–H groups in total. The van der Waals surface area contributed by atoms with Crippen LogP contribution in [0.5, 0.6) is 0 Å². The minimum atomic E-state index is 0. The Morgan fingerprint density at radius 1 is 1.57 bits per heavy atom. The second-order valence-corrected chi connectivity index (χ2v) is 1.81. The summed E-state index contributed by atoms with van der Waals surface area (Å²) in [5.74, 6) is 0.787. The molecule has 0 saturated heterocycles. The van der Waals surface area contributed by atoms with Gasteiger partial charge in [0.05, 0.1) is 6.07 Å². The van der Waals surface area contributed by atoms with E-state index in [2.05, 4.69) is 6.07 Å². The van der Waals surface area contributed by atoms with Crippen molar-refractivity contribution in [2.45, 2.75) is 19.3 Å². The second-order valence-electron chi connectivity index (χ2n) is 1.81. The molecule has 0 atom stereocenters. The minimum absolute atomic E-state index is 0. The first-order valence-corrected chi connectivity index (χ1v) is 2.30. The zero-order valence-electron chi connectivity index (χ0n) is 4.65. The molecular weight excluding hydrogens is 81.0 g/mol. The molecule has 1 rings (SSSR count). The first-order valence-electron chi connectivity index (χ1n) is 2.30. The van der Waals surface area contributed by atoms with Crippen LogP contribution in [0.15, 0.2) is 0 Å². The van der Waals surface area contributed by atoms with Crippen LogP contribution in [0.1, 0.15) is 19.3 Å². The van der Waals surface area contributed by atoms with Crippen molar-refractivity contribution < 1.29 is 0 Å². The molecule has 0 heterocycles. The van der Waals surface area contributed by atoms with Gasteiger partial charge in [-0.3, -0.25) is 0 Å². The van der Waals surface area contributed by atoms with Crippen LogP contribution in [-0.4, -0.2) is 18.9 Å². The average Bonchev–Trinajstić information content (AvgIpc) is 2.21. The van der Waals surface area contributed by atoms with Gasteiger partial charge in [0, 0.05) is 25.3 Å². The van der Waals surface area contributed by atoms with Gasteiger partial charge >= 0.3 is 0 Å². The summed E-state index contributed by atoms with van der Waals surface area (Å²) in [4.78, 5) is 0. The predicted molar refractivity (Wildman–Crippen MR) is 28.7 cm³/mol. The third kappa shape index (κ3) is 2.74. The smallest absolute Gasteiger partial charge is 0.0624 e. The summed E-state index contributed by atoms with van der Waals surface area (Å²) in [6, 6.07) is 2.13. The zero-order chi connectivity index (χ0) is 4.41. The summed E-state index contributed by atoms with van der Waals surface area (Å²) in [6.45, 7) is 0. The van der Waals surface area contributed by atoms with Crippen LogP contribution < -0.4 is 0 Å². The van der Waals surface area contributed by atoms with Crippen molar-refractivity contribution in [3.05, 3.63) is 0 Å². The number of nitrogens with zero attached hydrogens (tertiary/aromatic N) is 1. The molecule has 1 radical (unpaired) electrons. The van der Waals surface area contributed by atoms with Gasteiger partial charge in [-0.2, -0.15) is 5.26 Å². The molecule has 0 unspecified atom stereocenters. The molecule has 1 nitrogen and oxygen atoms in total. The van der Waals surface area contributed by atoms with Gasteiger partial charge in [-0.1, -0.05) is 0 Å². The Bertz CT molecular complexity index is 80.6. The second kappa shape index (κ2) is 3.14. The molecule has 1 saturated carbocycles. The van der Waals surface area contributed by atoms with Crippen LogP contribution in [0.2, 0.25) is 0 Å². The molecule has 2 heteroatoms. The molecule has 0 bridgehead atoms.